The van der Waals surface area contributed by atoms with Gasteiger partial charge in [0.1, 0.15) is 6.10 Å². The summed E-state index contributed by atoms with van der Waals surface area (Å²) in [6.45, 7) is 3.84. The maximum atomic E-state index is 10.8. The molecular weight excluding hydrogens is 158 g/mol. The van der Waals surface area contributed by atoms with E-state index in [9.17, 15) is 4.79 Å². The second-order valence-electron chi connectivity index (χ2n) is 2.72. The molecule has 1 aliphatic rings. The maximum absolute atomic E-state index is 10.8. The first kappa shape index (κ1) is 8.83. The number of hydrazone groups is 1. The summed E-state index contributed by atoms with van der Waals surface area (Å²) >= 11 is 0. The van der Waals surface area contributed by atoms with Crippen LogP contribution in [0.2, 0.25) is 0 Å². The summed E-state index contributed by atoms with van der Waals surface area (Å²) in [6.07, 6.45) is 1.99. The molecule has 2 N–H and O–H groups in total. The van der Waals surface area contributed by atoms with Crippen LogP contribution in [0.1, 0.15) is 20.3 Å². The number of nitrogens with zero attached hydrogens (tertiary/aromatic N) is 2. The average Bonchev–Trinajstić information content (AvgIpc) is 2.03. The van der Waals surface area contributed by atoms with Crippen molar-refractivity contribution in [3.05, 3.63) is 0 Å². The van der Waals surface area contributed by atoms with E-state index in [1.807, 2.05) is 13.8 Å². The predicted molar refractivity (Wildman–Crippen MR) is 44.5 cm³/mol. The highest BCUT2D eigenvalue weighted by atomic mass is 16.5. The zero-order valence-electron chi connectivity index (χ0n) is 7.23. The number of hydrogen-bond donors (Lipinski definition) is 1. The molecular formula is C7H13N3O2. The van der Waals surface area contributed by atoms with E-state index >= 15 is 0 Å². The first-order valence-electron chi connectivity index (χ1n) is 3.93. The number of amides is 2. The summed E-state index contributed by atoms with van der Waals surface area (Å²) in [5, 5.41) is 5.00. The number of carbonyl (C=O) groups excluding carboxylic acids is 1. The van der Waals surface area contributed by atoms with Crippen molar-refractivity contribution in [2.75, 3.05) is 0 Å². The van der Waals surface area contributed by atoms with Crippen LogP contribution in [0.4, 0.5) is 4.79 Å². The number of urea groups is 1. The Kier molecular flexibility index (Phi) is 2.52. The van der Waals surface area contributed by atoms with Gasteiger partial charge >= 0.3 is 6.03 Å². The van der Waals surface area contributed by atoms with Gasteiger partial charge in [-0.3, -0.25) is 0 Å². The number of primary amides is 1. The fraction of sp³-hybridized carbons (Fsp3) is 0.714. The molecule has 0 aromatic rings. The Morgan fingerprint density at radius 3 is 2.92 bits per heavy atom. The van der Waals surface area contributed by atoms with Crippen LogP contribution in [0, 0.1) is 0 Å². The molecule has 5 heteroatoms. The van der Waals surface area contributed by atoms with Gasteiger partial charge in [-0.25, -0.2) is 9.80 Å². The van der Waals surface area contributed by atoms with Crippen molar-refractivity contribution in [3.8, 4) is 0 Å². The van der Waals surface area contributed by atoms with Crippen LogP contribution in [0.15, 0.2) is 5.10 Å². The molecule has 68 valence electrons. The molecule has 0 aromatic carbocycles. The van der Waals surface area contributed by atoms with Crippen molar-refractivity contribution >= 4 is 12.4 Å². The molecule has 0 aliphatic carbocycles. The second-order valence-corrected chi connectivity index (χ2v) is 2.72. The second kappa shape index (κ2) is 3.42. The summed E-state index contributed by atoms with van der Waals surface area (Å²) in [5.74, 6) is 0. The topological polar surface area (TPSA) is 67.9 Å². The first-order valence-corrected chi connectivity index (χ1v) is 3.93. The number of hydrogen-bond acceptors (Lipinski definition) is 3. The fourth-order valence-corrected chi connectivity index (χ4v) is 1.27. The predicted octanol–water partition coefficient (Wildman–Crippen LogP) is 0.508. The van der Waals surface area contributed by atoms with E-state index in [1.165, 1.54) is 11.4 Å². The Labute approximate surface area is 71.2 Å². The van der Waals surface area contributed by atoms with Gasteiger partial charge in [0.25, 0.3) is 0 Å². The molecule has 1 heterocycles. The van der Waals surface area contributed by atoms with Crippen molar-refractivity contribution in [2.45, 2.75) is 32.4 Å². The van der Waals surface area contributed by atoms with Crippen LogP contribution in [-0.4, -0.2) is 29.6 Å². The van der Waals surface area contributed by atoms with Gasteiger partial charge in [-0.1, -0.05) is 6.92 Å². The monoisotopic (exact) mass is 171 g/mol. The van der Waals surface area contributed by atoms with Gasteiger partial charge in [0.2, 0.25) is 0 Å². The third kappa shape index (κ3) is 1.49. The highest BCUT2D eigenvalue weighted by Crippen LogP contribution is 2.15. The number of nitrogens with two attached hydrogens (primary N) is 1. The minimum absolute atomic E-state index is 0.0417. The molecule has 2 unspecified atom stereocenters. The Morgan fingerprint density at radius 1 is 1.83 bits per heavy atom. The van der Waals surface area contributed by atoms with Gasteiger partial charge in [0.15, 0.2) is 6.40 Å². The zero-order chi connectivity index (χ0) is 9.14. The van der Waals surface area contributed by atoms with E-state index in [-0.39, 0.29) is 12.1 Å². The lowest BCUT2D eigenvalue weighted by molar-refractivity contribution is 0.0673. The van der Waals surface area contributed by atoms with Gasteiger partial charge in [0.05, 0.1) is 6.04 Å². The standard InChI is InChI=1S/C7H13N3O2/c1-3-6-5(2)12-4-9-10(6)7(8)11/h4-6H,3H2,1-2H3,(H2,8,11). The SMILES string of the molecule is CCC1C(C)OC=NN1C(N)=O. The molecule has 2 amide bonds. The van der Waals surface area contributed by atoms with Crippen LogP contribution in [0.25, 0.3) is 0 Å². The molecule has 0 fully saturated rings. The zero-order valence-corrected chi connectivity index (χ0v) is 7.23. The highest BCUT2D eigenvalue weighted by Gasteiger charge is 2.29. The lowest BCUT2D eigenvalue weighted by Gasteiger charge is -2.32. The molecule has 0 saturated heterocycles. The molecule has 0 bridgehead atoms. The van der Waals surface area contributed by atoms with E-state index in [0.717, 1.165) is 6.42 Å². The molecule has 0 spiro atoms. The third-order valence-electron chi connectivity index (χ3n) is 1.95. The molecule has 1 rings (SSSR count). The van der Waals surface area contributed by atoms with Crippen molar-refractivity contribution in [1.29, 1.82) is 0 Å². The van der Waals surface area contributed by atoms with Crippen molar-refractivity contribution in [2.24, 2.45) is 10.8 Å². The largest absolute Gasteiger partial charge is 0.477 e. The van der Waals surface area contributed by atoms with Crippen LogP contribution >= 0.6 is 0 Å². The van der Waals surface area contributed by atoms with Gasteiger partial charge < -0.3 is 10.5 Å². The Morgan fingerprint density at radius 2 is 2.50 bits per heavy atom. The number of ether oxygens (including phenoxy) is 1. The van der Waals surface area contributed by atoms with E-state index in [1.54, 1.807) is 0 Å². The highest BCUT2D eigenvalue weighted by molar-refractivity contribution is 5.73. The first-order chi connectivity index (χ1) is 5.66. The van der Waals surface area contributed by atoms with E-state index < -0.39 is 6.03 Å². The lowest BCUT2D eigenvalue weighted by atomic mass is 10.1. The maximum Gasteiger partial charge on any atom is 0.335 e. The Hall–Kier alpha value is -1.26. The van der Waals surface area contributed by atoms with Gasteiger partial charge in [-0.05, 0) is 13.3 Å². The van der Waals surface area contributed by atoms with Crippen LogP contribution in [0.3, 0.4) is 0 Å². The minimum Gasteiger partial charge on any atom is -0.477 e. The smallest absolute Gasteiger partial charge is 0.335 e. The fourth-order valence-electron chi connectivity index (χ4n) is 1.27. The van der Waals surface area contributed by atoms with E-state index in [0.29, 0.717) is 0 Å². The summed E-state index contributed by atoms with van der Waals surface area (Å²) in [5.41, 5.74) is 5.11. The van der Waals surface area contributed by atoms with E-state index in [4.69, 9.17) is 10.5 Å². The van der Waals surface area contributed by atoms with Crippen LogP contribution in [0.5, 0.6) is 0 Å². The molecule has 0 aromatic heterocycles. The number of rotatable bonds is 1. The van der Waals surface area contributed by atoms with Crippen molar-refractivity contribution in [3.63, 3.8) is 0 Å². The molecule has 2 atom stereocenters. The van der Waals surface area contributed by atoms with Crippen molar-refractivity contribution in [1.82, 2.24) is 5.01 Å². The summed E-state index contributed by atoms with van der Waals surface area (Å²) in [7, 11) is 0. The third-order valence-corrected chi connectivity index (χ3v) is 1.95. The molecule has 12 heavy (non-hydrogen) atoms. The molecule has 0 saturated carbocycles. The molecule has 0 radical (unpaired) electrons. The summed E-state index contributed by atoms with van der Waals surface area (Å²) in [4.78, 5) is 10.8. The van der Waals surface area contributed by atoms with Gasteiger partial charge in [0, 0.05) is 0 Å². The van der Waals surface area contributed by atoms with E-state index in [2.05, 4.69) is 5.10 Å². The van der Waals surface area contributed by atoms with Gasteiger partial charge in [-0.15, -0.1) is 5.10 Å². The lowest BCUT2D eigenvalue weighted by Crippen LogP contribution is -2.48. The Bertz CT molecular complexity index is 205. The molecule has 5 nitrogen and oxygen atoms in total. The quantitative estimate of drug-likeness (QED) is 0.624. The summed E-state index contributed by atoms with van der Waals surface area (Å²) < 4.78 is 5.12. The van der Waals surface area contributed by atoms with Crippen molar-refractivity contribution < 1.29 is 9.53 Å². The van der Waals surface area contributed by atoms with Crippen LogP contribution < -0.4 is 5.73 Å². The average molecular weight is 171 g/mol. The Balaban J connectivity index is 2.76. The normalized spacial score (nSPS) is 28.3. The van der Waals surface area contributed by atoms with Gasteiger partial charge in [-0.2, -0.15) is 0 Å². The number of carbonyl (C=O) groups is 1. The van der Waals surface area contributed by atoms with Crippen LogP contribution in [-0.2, 0) is 4.74 Å². The molecule has 1 aliphatic heterocycles. The summed E-state index contributed by atoms with van der Waals surface area (Å²) in [6, 6.07) is -0.583. The minimum atomic E-state index is -0.534.